The summed E-state index contributed by atoms with van der Waals surface area (Å²) in [4.78, 5) is 26.3. The number of rotatable bonds is 3. The van der Waals surface area contributed by atoms with Crippen molar-refractivity contribution in [2.24, 2.45) is 11.8 Å². The van der Waals surface area contributed by atoms with Crippen LogP contribution in [0.4, 0.5) is 0 Å². The van der Waals surface area contributed by atoms with Gasteiger partial charge >= 0.3 is 0 Å². The number of aryl methyl sites for hydroxylation is 2. The molecule has 0 aromatic heterocycles. The van der Waals surface area contributed by atoms with Gasteiger partial charge < -0.3 is 10.2 Å². The smallest absolute Gasteiger partial charge is 0.251 e. The van der Waals surface area contributed by atoms with E-state index in [2.05, 4.69) is 19.2 Å². The molecule has 4 nitrogen and oxygen atoms in total. The molecule has 1 aliphatic heterocycles. The van der Waals surface area contributed by atoms with Gasteiger partial charge in [0.1, 0.15) is 0 Å². The van der Waals surface area contributed by atoms with Gasteiger partial charge in [-0.3, -0.25) is 9.59 Å². The summed E-state index contributed by atoms with van der Waals surface area (Å²) in [6.07, 6.45) is 1.17. The zero-order valence-corrected chi connectivity index (χ0v) is 14.0. The fourth-order valence-corrected chi connectivity index (χ4v) is 3.12. The average molecular weight is 302 g/mol. The lowest BCUT2D eigenvalue weighted by Gasteiger charge is -2.35. The molecule has 2 rings (SSSR count). The van der Waals surface area contributed by atoms with Gasteiger partial charge in [-0.15, -0.1) is 0 Å². The predicted octanol–water partition coefficient (Wildman–Crippen LogP) is 2.54. The topological polar surface area (TPSA) is 49.4 Å². The van der Waals surface area contributed by atoms with Gasteiger partial charge in [0.15, 0.2) is 0 Å². The minimum Gasteiger partial charge on any atom is -0.343 e. The highest BCUT2D eigenvalue weighted by Gasteiger charge is 2.25. The van der Waals surface area contributed by atoms with Gasteiger partial charge in [0.25, 0.3) is 5.91 Å². The number of likely N-dealkylation sites (tertiary alicyclic amines) is 1. The van der Waals surface area contributed by atoms with Crippen molar-refractivity contribution in [2.45, 2.75) is 34.1 Å². The maximum absolute atomic E-state index is 12.3. The third-order valence-corrected chi connectivity index (χ3v) is 4.39. The summed E-state index contributed by atoms with van der Waals surface area (Å²) in [7, 11) is 0. The number of amides is 2. The normalized spacial score (nSPS) is 21.5. The van der Waals surface area contributed by atoms with Crippen LogP contribution >= 0.6 is 0 Å². The molecule has 0 saturated carbocycles. The standard InChI is InChI=1S/C18H26N2O2/c1-12-7-13(2)11-20(10-12)17(21)9-19-18(22)16-6-5-14(3)15(4)8-16/h5-6,8,12-13H,7,9-11H2,1-4H3,(H,19,22). The van der Waals surface area contributed by atoms with E-state index in [-0.39, 0.29) is 18.4 Å². The van der Waals surface area contributed by atoms with E-state index in [0.29, 0.717) is 17.4 Å². The molecule has 4 heteroatoms. The Morgan fingerprint density at radius 2 is 1.77 bits per heavy atom. The lowest BCUT2D eigenvalue weighted by atomic mass is 9.92. The SMILES string of the molecule is Cc1ccc(C(=O)NCC(=O)N2CC(C)CC(C)C2)cc1C. The van der Waals surface area contributed by atoms with Crippen molar-refractivity contribution in [2.75, 3.05) is 19.6 Å². The van der Waals surface area contributed by atoms with Gasteiger partial charge in [-0.05, 0) is 55.4 Å². The molecule has 0 bridgehead atoms. The maximum Gasteiger partial charge on any atom is 0.251 e. The Balaban J connectivity index is 1.90. The first-order chi connectivity index (χ1) is 10.4. The summed E-state index contributed by atoms with van der Waals surface area (Å²) >= 11 is 0. The van der Waals surface area contributed by atoms with Crippen LogP contribution in [0.2, 0.25) is 0 Å². The second-order valence-corrected chi connectivity index (χ2v) is 6.73. The number of hydrogen-bond acceptors (Lipinski definition) is 2. The van der Waals surface area contributed by atoms with Crippen molar-refractivity contribution in [3.05, 3.63) is 34.9 Å². The van der Waals surface area contributed by atoms with E-state index in [1.807, 2.05) is 30.9 Å². The highest BCUT2D eigenvalue weighted by atomic mass is 16.2. The van der Waals surface area contributed by atoms with Gasteiger partial charge in [-0.25, -0.2) is 0 Å². The lowest BCUT2D eigenvalue weighted by Crippen LogP contribution is -2.46. The van der Waals surface area contributed by atoms with Crippen LogP contribution in [0.5, 0.6) is 0 Å². The van der Waals surface area contributed by atoms with Crippen LogP contribution in [0.15, 0.2) is 18.2 Å². The molecule has 2 unspecified atom stereocenters. The summed E-state index contributed by atoms with van der Waals surface area (Å²) in [5.74, 6) is 0.886. The van der Waals surface area contributed by atoms with Crippen molar-refractivity contribution in [3.63, 3.8) is 0 Å². The van der Waals surface area contributed by atoms with Crippen molar-refractivity contribution in [1.29, 1.82) is 0 Å². The van der Waals surface area contributed by atoms with Crippen LogP contribution in [-0.2, 0) is 4.79 Å². The minimum atomic E-state index is -0.186. The molecule has 1 fully saturated rings. The Kier molecular flexibility index (Phi) is 5.22. The number of piperidine rings is 1. The number of nitrogens with one attached hydrogen (secondary N) is 1. The molecule has 2 atom stereocenters. The highest BCUT2D eigenvalue weighted by Crippen LogP contribution is 2.20. The van der Waals surface area contributed by atoms with E-state index < -0.39 is 0 Å². The summed E-state index contributed by atoms with van der Waals surface area (Å²) in [6.45, 7) is 10.00. The third kappa shape index (κ3) is 4.09. The number of hydrogen-bond donors (Lipinski definition) is 1. The minimum absolute atomic E-state index is 0.00980. The maximum atomic E-state index is 12.3. The molecule has 2 amide bonds. The van der Waals surface area contributed by atoms with Gasteiger partial charge in [0, 0.05) is 18.7 Å². The van der Waals surface area contributed by atoms with E-state index >= 15 is 0 Å². The van der Waals surface area contributed by atoms with Crippen molar-refractivity contribution < 1.29 is 9.59 Å². The van der Waals surface area contributed by atoms with Crippen LogP contribution in [0, 0.1) is 25.7 Å². The summed E-state index contributed by atoms with van der Waals surface area (Å²) < 4.78 is 0. The van der Waals surface area contributed by atoms with Crippen molar-refractivity contribution in [3.8, 4) is 0 Å². The molecular formula is C18H26N2O2. The highest BCUT2D eigenvalue weighted by molar-refractivity contribution is 5.96. The predicted molar refractivity (Wildman–Crippen MR) is 87.8 cm³/mol. The van der Waals surface area contributed by atoms with Crippen molar-refractivity contribution in [1.82, 2.24) is 10.2 Å². The molecule has 0 spiro atoms. The van der Waals surface area contributed by atoms with E-state index in [4.69, 9.17) is 0 Å². The van der Waals surface area contributed by atoms with Gasteiger partial charge in [0.05, 0.1) is 6.54 Å². The van der Waals surface area contributed by atoms with Gasteiger partial charge in [-0.1, -0.05) is 19.9 Å². The van der Waals surface area contributed by atoms with E-state index in [9.17, 15) is 9.59 Å². The van der Waals surface area contributed by atoms with E-state index in [1.54, 1.807) is 6.07 Å². The molecule has 1 aromatic rings. The molecule has 1 heterocycles. The first kappa shape index (κ1) is 16.5. The molecule has 22 heavy (non-hydrogen) atoms. The monoisotopic (exact) mass is 302 g/mol. The third-order valence-electron chi connectivity index (χ3n) is 4.39. The van der Waals surface area contributed by atoms with E-state index in [0.717, 1.165) is 24.2 Å². The molecule has 1 aromatic carbocycles. The van der Waals surface area contributed by atoms with Crippen molar-refractivity contribution >= 4 is 11.8 Å². The van der Waals surface area contributed by atoms with Crippen LogP contribution in [0.25, 0.3) is 0 Å². The fraction of sp³-hybridized carbons (Fsp3) is 0.556. The van der Waals surface area contributed by atoms with Crippen LogP contribution < -0.4 is 5.32 Å². The molecule has 1 saturated heterocycles. The molecule has 1 N–H and O–H groups in total. The zero-order chi connectivity index (χ0) is 16.3. The lowest BCUT2D eigenvalue weighted by molar-refractivity contribution is -0.132. The number of carbonyl (C=O) groups excluding carboxylic acids is 2. The summed E-state index contributed by atoms with van der Waals surface area (Å²) in [5.41, 5.74) is 2.85. The first-order valence-corrected chi connectivity index (χ1v) is 8.00. The fourth-order valence-electron chi connectivity index (χ4n) is 3.12. The largest absolute Gasteiger partial charge is 0.343 e. The van der Waals surface area contributed by atoms with Gasteiger partial charge in [-0.2, -0.15) is 0 Å². The second-order valence-electron chi connectivity index (χ2n) is 6.73. The summed E-state index contributed by atoms with van der Waals surface area (Å²) in [6, 6.07) is 5.59. The number of benzene rings is 1. The Labute approximate surface area is 132 Å². The quantitative estimate of drug-likeness (QED) is 0.933. The molecule has 0 radical (unpaired) electrons. The number of carbonyl (C=O) groups is 2. The zero-order valence-electron chi connectivity index (χ0n) is 14.0. The molecule has 0 aliphatic carbocycles. The number of nitrogens with zero attached hydrogens (tertiary/aromatic N) is 1. The van der Waals surface area contributed by atoms with Crippen LogP contribution in [-0.4, -0.2) is 36.3 Å². The molecular weight excluding hydrogens is 276 g/mol. The van der Waals surface area contributed by atoms with Gasteiger partial charge in [0.2, 0.25) is 5.91 Å². The van der Waals surface area contributed by atoms with Crippen LogP contribution in [0.3, 0.4) is 0 Å². The second kappa shape index (κ2) is 6.95. The molecule has 1 aliphatic rings. The Morgan fingerprint density at radius 3 is 2.36 bits per heavy atom. The Bertz CT molecular complexity index is 558. The van der Waals surface area contributed by atoms with Crippen LogP contribution in [0.1, 0.15) is 41.8 Å². The van der Waals surface area contributed by atoms with E-state index in [1.165, 1.54) is 6.42 Å². The first-order valence-electron chi connectivity index (χ1n) is 8.00. The summed E-state index contributed by atoms with van der Waals surface area (Å²) in [5, 5.41) is 2.74. The molecule has 120 valence electrons. The Hall–Kier alpha value is -1.84. The average Bonchev–Trinajstić information content (AvgIpc) is 2.46. The Morgan fingerprint density at radius 1 is 1.14 bits per heavy atom.